The van der Waals surface area contributed by atoms with Gasteiger partial charge in [0.25, 0.3) is 0 Å². The largest absolute Gasteiger partial charge is 0.354 e. The number of hydrogen-bond donors (Lipinski definition) is 2. The minimum atomic E-state index is -3.94. The molecule has 33 heavy (non-hydrogen) atoms. The van der Waals surface area contributed by atoms with E-state index < -0.39 is 27.4 Å². The van der Waals surface area contributed by atoms with Crippen LogP contribution in [0.1, 0.15) is 45.1 Å². The number of carbonyl (C=O) groups excluding carboxylic acids is 2. The van der Waals surface area contributed by atoms with Crippen LogP contribution in [-0.2, 0) is 26.0 Å². The van der Waals surface area contributed by atoms with Crippen LogP contribution in [0.5, 0.6) is 0 Å². The monoisotopic (exact) mass is 487 g/mol. The Labute approximate surface area is 198 Å². The fourth-order valence-corrected chi connectivity index (χ4v) is 8.66. The Morgan fingerprint density at radius 2 is 2.09 bits per heavy atom. The highest BCUT2D eigenvalue weighted by Crippen LogP contribution is 2.64. The highest BCUT2D eigenvalue weighted by molar-refractivity contribution is 7.89. The summed E-state index contributed by atoms with van der Waals surface area (Å²) in [5, 5.41) is 14.4. The first kappa shape index (κ1) is 23.9. The van der Waals surface area contributed by atoms with Crippen molar-refractivity contribution in [3.63, 3.8) is 0 Å². The van der Waals surface area contributed by atoms with Crippen LogP contribution in [0.25, 0.3) is 10.1 Å². The summed E-state index contributed by atoms with van der Waals surface area (Å²) in [5.74, 6) is -0.535. The molecule has 0 saturated heterocycles. The van der Waals surface area contributed by atoms with E-state index in [9.17, 15) is 18.0 Å². The number of fused-ring (bicyclic) bond motifs is 3. The SMILES string of the molecule is CC1(C)C2CCC1(CS(=O)(=O)NC(Cc1csc3ccccc13)C(=O)NCCC#N)C(=O)C2. The van der Waals surface area contributed by atoms with E-state index in [2.05, 4.69) is 10.0 Å². The summed E-state index contributed by atoms with van der Waals surface area (Å²) in [4.78, 5) is 25.8. The fourth-order valence-electron chi connectivity index (χ4n) is 5.65. The van der Waals surface area contributed by atoms with Crippen molar-refractivity contribution in [2.75, 3.05) is 12.3 Å². The second kappa shape index (κ2) is 8.82. The Kier molecular flexibility index (Phi) is 6.38. The summed E-state index contributed by atoms with van der Waals surface area (Å²) in [6.07, 6.45) is 2.18. The number of Topliss-reactive ketones (excluding diaryl/α,β-unsaturated/α-hetero) is 1. The molecule has 9 heteroatoms. The molecule has 1 aromatic heterocycles. The summed E-state index contributed by atoms with van der Waals surface area (Å²) < 4.78 is 30.4. The lowest BCUT2D eigenvalue weighted by Crippen LogP contribution is -2.52. The normalized spacial score (nSPS) is 24.6. The van der Waals surface area contributed by atoms with Crippen LogP contribution < -0.4 is 10.0 Å². The third-order valence-corrected chi connectivity index (χ3v) is 10.3. The predicted octanol–water partition coefficient (Wildman–Crippen LogP) is 3.16. The van der Waals surface area contributed by atoms with Crippen molar-refractivity contribution in [3.8, 4) is 6.07 Å². The van der Waals surface area contributed by atoms with Crippen molar-refractivity contribution in [2.24, 2.45) is 16.7 Å². The van der Waals surface area contributed by atoms with Gasteiger partial charge in [-0.05, 0) is 53.0 Å². The van der Waals surface area contributed by atoms with E-state index in [0.717, 1.165) is 22.1 Å². The van der Waals surface area contributed by atoms with Crippen LogP contribution >= 0.6 is 11.3 Å². The maximum atomic E-state index is 13.3. The summed E-state index contributed by atoms with van der Waals surface area (Å²) >= 11 is 1.55. The summed E-state index contributed by atoms with van der Waals surface area (Å²) in [6.45, 7) is 4.14. The third-order valence-electron chi connectivity index (χ3n) is 7.74. The zero-order valence-electron chi connectivity index (χ0n) is 18.9. The van der Waals surface area contributed by atoms with Crippen molar-refractivity contribution in [1.82, 2.24) is 10.0 Å². The van der Waals surface area contributed by atoms with Crippen LogP contribution in [0.4, 0.5) is 0 Å². The maximum absolute atomic E-state index is 13.3. The highest BCUT2D eigenvalue weighted by Gasteiger charge is 2.65. The van der Waals surface area contributed by atoms with E-state index in [1.807, 2.05) is 49.6 Å². The first-order chi connectivity index (χ1) is 15.6. The molecule has 0 radical (unpaired) electrons. The number of ketones is 1. The quantitative estimate of drug-likeness (QED) is 0.527. The zero-order valence-corrected chi connectivity index (χ0v) is 20.5. The van der Waals surface area contributed by atoms with Crippen LogP contribution in [0, 0.1) is 28.1 Å². The van der Waals surface area contributed by atoms with E-state index in [4.69, 9.17) is 5.26 Å². The number of nitrogens with zero attached hydrogens (tertiary/aromatic N) is 1. The van der Waals surface area contributed by atoms with Gasteiger partial charge >= 0.3 is 0 Å². The molecule has 2 aromatic rings. The van der Waals surface area contributed by atoms with Gasteiger partial charge in [-0.1, -0.05) is 32.0 Å². The first-order valence-corrected chi connectivity index (χ1v) is 13.8. The molecule has 2 bridgehead atoms. The molecule has 1 amide bonds. The number of sulfonamides is 1. The Morgan fingerprint density at radius 3 is 2.76 bits per heavy atom. The van der Waals surface area contributed by atoms with Crippen LogP contribution in [-0.4, -0.2) is 38.4 Å². The summed E-state index contributed by atoms with van der Waals surface area (Å²) in [6, 6.07) is 8.73. The molecule has 2 aliphatic carbocycles. The van der Waals surface area contributed by atoms with Gasteiger partial charge in [0.15, 0.2) is 0 Å². The van der Waals surface area contributed by atoms with Gasteiger partial charge in [0.05, 0.1) is 18.2 Å². The molecule has 0 spiro atoms. The average molecular weight is 488 g/mol. The molecule has 7 nitrogen and oxygen atoms in total. The smallest absolute Gasteiger partial charge is 0.238 e. The van der Waals surface area contributed by atoms with Crippen molar-refractivity contribution in [2.45, 2.75) is 52.0 Å². The van der Waals surface area contributed by atoms with Gasteiger partial charge in [-0.25, -0.2) is 13.1 Å². The van der Waals surface area contributed by atoms with Crippen LogP contribution in [0.2, 0.25) is 0 Å². The van der Waals surface area contributed by atoms with Gasteiger partial charge in [-0.2, -0.15) is 5.26 Å². The van der Waals surface area contributed by atoms with E-state index in [-0.39, 0.29) is 42.3 Å². The Morgan fingerprint density at radius 1 is 1.33 bits per heavy atom. The molecule has 176 valence electrons. The molecule has 1 heterocycles. The van der Waals surface area contributed by atoms with Crippen LogP contribution in [0.3, 0.4) is 0 Å². The number of hydrogen-bond acceptors (Lipinski definition) is 6. The van der Waals surface area contributed by atoms with Gasteiger partial charge < -0.3 is 5.32 Å². The predicted molar refractivity (Wildman–Crippen MR) is 128 cm³/mol. The molecular weight excluding hydrogens is 458 g/mol. The number of thiophene rings is 1. The molecule has 3 unspecified atom stereocenters. The number of carbonyl (C=O) groups is 2. The summed E-state index contributed by atoms with van der Waals surface area (Å²) in [5.41, 5.74) is -0.400. The van der Waals surface area contributed by atoms with Gasteiger partial charge in [-0.3, -0.25) is 9.59 Å². The average Bonchev–Trinajstić information content (AvgIpc) is 3.32. The molecule has 1 aromatic carbocycles. The second-order valence-electron chi connectivity index (χ2n) is 9.76. The third kappa shape index (κ3) is 4.32. The van der Waals surface area contributed by atoms with Crippen molar-refractivity contribution in [3.05, 3.63) is 35.2 Å². The molecule has 4 rings (SSSR count). The number of rotatable bonds is 9. The molecule has 2 N–H and O–H groups in total. The zero-order chi connectivity index (χ0) is 23.9. The van der Waals surface area contributed by atoms with E-state index in [1.165, 1.54) is 0 Å². The minimum absolute atomic E-state index is 0.0213. The lowest BCUT2D eigenvalue weighted by atomic mass is 9.70. The van der Waals surface area contributed by atoms with Crippen molar-refractivity contribution in [1.29, 1.82) is 5.26 Å². The minimum Gasteiger partial charge on any atom is -0.354 e. The topological polar surface area (TPSA) is 116 Å². The maximum Gasteiger partial charge on any atom is 0.238 e. The fraction of sp³-hybridized carbons (Fsp3) is 0.542. The Bertz CT molecular complexity index is 1230. The summed E-state index contributed by atoms with van der Waals surface area (Å²) in [7, 11) is -3.94. The van der Waals surface area contributed by atoms with Gasteiger partial charge in [0.2, 0.25) is 15.9 Å². The Hall–Kier alpha value is -2.28. The first-order valence-electron chi connectivity index (χ1n) is 11.2. The molecule has 0 aliphatic heterocycles. The van der Waals surface area contributed by atoms with E-state index >= 15 is 0 Å². The van der Waals surface area contributed by atoms with E-state index in [1.54, 1.807) is 11.3 Å². The van der Waals surface area contributed by atoms with Crippen molar-refractivity contribution < 1.29 is 18.0 Å². The molecular formula is C24H29N3O4S2. The van der Waals surface area contributed by atoms with Gasteiger partial charge in [0, 0.05) is 23.1 Å². The molecule has 2 saturated carbocycles. The van der Waals surface area contributed by atoms with Gasteiger partial charge in [0.1, 0.15) is 11.8 Å². The van der Waals surface area contributed by atoms with E-state index in [0.29, 0.717) is 12.8 Å². The molecule has 2 fully saturated rings. The standard InChI is InChI=1S/C24H29N3O4S2/c1-23(2)17-8-9-24(23,21(28)13-17)15-33(30,31)27-19(22(29)26-11-5-10-25)12-16-14-32-20-7-4-3-6-18(16)20/h3-4,6-7,14,17,19,27H,5,8-9,11-13,15H2,1-2H3,(H,26,29). The van der Waals surface area contributed by atoms with Crippen LogP contribution in [0.15, 0.2) is 29.6 Å². The lowest BCUT2D eigenvalue weighted by Gasteiger charge is -2.36. The number of amides is 1. The highest BCUT2D eigenvalue weighted by atomic mass is 32.2. The Balaban J connectivity index is 1.58. The molecule has 2 aliphatic rings. The molecule has 3 atom stereocenters. The second-order valence-corrected chi connectivity index (χ2v) is 12.4. The number of nitrogens with one attached hydrogen (secondary N) is 2. The van der Waals surface area contributed by atoms with Crippen molar-refractivity contribution >= 4 is 43.1 Å². The number of nitriles is 1. The lowest BCUT2D eigenvalue weighted by molar-refractivity contribution is -0.128. The van der Waals surface area contributed by atoms with Gasteiger partial charge in [-0.15, -0.1) is 11.3 Å². The number of benzene rings is 1.